The lowest BCUT2D eigenvalue weighted by molar-refractivity contribution is 0.477. The second-order valence-corrected chi connectivity index (χ2v) is 4.91. The van der Waals surface area contributed by atoms with Crippen LogP contribution in [-0.4, -0.2) is 4.98 Å². The molecule has 5 heteroatoms. The standard InChI is InChI=1S/C13H10Cl3NO/c1-8-2-13(9(6-14)7-17-8)18-12-4-10(15)3-11(16)5-12/h2-5,7H,6H2,1H3. The molecule has 1 aromatic carbocycles. The Balaban J connectivity index is 2.35. The highest BCUT2D eigenvalue weighted by Crippen LogP contribution is 2.30. The molecule has 0 aliphatic heterocycles. The van der Waals surface area contributed by atoms with E-state index in [1.165, 1.54) is 0 Å². The Bertz CT molecular complexity index is 552. The quantitative estimate of drug-likeness (QED) is 0.724. The first kappa shape index (κ1) is 13.5. The minimum atomic E-state index is 0.330. The lowest BCUT2D eigenvalue weighted by Gasteiger charge is -2.10. The molecule has 0 amide bonds. The SMILES string of the molecule is Cc1cc(Oc2cc(Cl)cc(Cl)c2)c(CCl)cn1. The largest absolute Gasteiger partial charge is 0.457 e. The Labute approximate surface area is 120 Å². The molecule has 94 valence electrons. The Morgan fingerprint density at radius 1 is 1.11 bits per heavy atom. The van der Waals surface area contributed by atoms with Crippen LogP contribution < -0.4 is 4.74 Å². The Kier molecular flexibility index (Phi) is 4.33. The molecule has 1 aromatic heterocycles. The number of ether oxygens (including phenoxy) is 1. The first-order valence-electron chi connectivity index (χ1n) is 5.24. The van der Waals surface area contributed by atoms with Crippen molar-refractivity contribution in [3.63, 3.8) is 0 Å². The molecule has 0 spiro atoms. The van der Waals surface area contributed by atoms with Crippen LogP contribution in [0.15, 0.2) is 30.5 Å². The van der Waals surface area contributed by atoms with Gasteiger partial charge in [0.15, 0.2) is 0 Å². The molecule has 0 bridgehead atoms. The second kappa shape index (κ2) is 5.79. The molecular formula is C13H10Cl3NO. The van der Waals surface area contributed by atoms with Crippen molar-refractivity contribution in [3.8, 4) is 11.5 Å². The van der Waals surface area contributed by atoms with Crippen molar-refractivity contribution in [2.24, 2.45) is 0 Å². The Hall–Kier alpha value is -0.960. The van der Waals surface area contributed by atoms with Crippen LogP contribution in [0.3, 0.4) is 0 Å². The molecule has 0 N–H and O–H groups in total. The van der Waals surface area contributed by atoms with Gasteiger partial charge in [0.1, 0.15) is 11.5 Å². The maximum Gasteiger partial charge on any atom is 0.135 e. The first-order valence-corrected chi connectivity index (χ1v) is 6.53. The van der Waals surface area contributed by atoms with Gasteiger partial charge in [0.2, 0.25) is 0 Å². The van der Waals surface area contributed by atoms with Crippen LogP contribution in [0, 0.1) is 6.92 Å². The fraction of sp³-hybridized carbons (Fsp3) is 0.154. The van der Waals surface area contributed by atoms with Crippen molar-refractivity contribution in [1.29, 1.82) is 0 Å². The minimum absolute atomic E-state index is 0.330. The summed E-state index contributed by atoms with van der Waals surface area (Å²) < 4.78 is 5.75. The highest BCUT2D eigenvalue weighted by Gasteiger charge is 2.07. The van der Waals surface area contributed by atoms with Gasteiger partial charge in [-0.15, -0.1) is 11.6 Å². The van der Waals surface area contributed by atoms with E-state index in [4.69, 9.17) is 39.5 Å². The molecule has 2 nitrogen and oxygen atoms in total. The number of halogens is 3. The molecule has 0 radical (unpaired) electrons. The number of aryl methyl sites for hydroxylation is 1. The lowest BCUT2D eigenvalue weighted by atomic mass is 10.2. The van der Waals surface area contributed by atoms with Gasteiger partial charge in [-0.2, -0.15) is 0 Å². The molecule has 0 aliphatic rings. The molecule has 0 aliphatic carbocycles. The molecule has 0 saturated carbocycles. The van der Waals surface area contributed by atoms with Gasteiger partial charge >= 0.3 is 0 Å². The summed E-state index contributed by atoms with van der Waals surface area (Å²) in [5.74, 6) is 1.57. The number of pyridine rings is 1. The van der Waals surface area contributed by atoms with E-state index in [1.54, 1.807) is 24.4 Å². The zero-order chi connectivity index (χ0) is 13.1. The van der Waals surface area contributed by atoms with Gasteiger partial charge in [-0.3, -0.25) is 4.98 Å². The minimum Gasteiger partial charge on any atom is -0.457 e. The molecule has 0 fully saturated rings. The van der Waals surface area contributed by atoms with E-state index >= 15 is 0 Å². The molecule has 0 unspecified atom stereocenters. The predicted molar refractivity (Wildman–Crippen MR) is 75.1 cm³/mol. The summed E-state index contributed by atoms with van der Waals surface area (Å²) in [7, 11) is 0. The molecule has 0 atom stereocenters. The van der Waals surface area contributed by atoms with E-state index in [-0.39, 0.29) is 0 Å². The van der Waals surface area contributed by atoms with Crippen molar-refractivity contribution in [3.05, 3.63) is 51.8 Å². The maximum atomic E-state index is 5.92. The topological polar surface area (TPSA) is 22.1 Å². The summed E-state index contributed by atoms with van der Waals surface area (Å²) in [5, 5.41) is 1.05. The van der Waals surface area contributed by atoms with Gasteiger partial charge in [0.25, 0.3) is 0 Å². The molecule has 0 saturated heterocycles. The summed E-state index contributed by atoms with van der Waals surface area (Å²) in [4.78, 5) is 4.17. The average Bonchev–Trinajstić information content (AvgIpc) is 2.27. The number of hydrogen-bond acceptors (Lipinski definition) is 2. The van der Waals surface area contributed by atoms with E-state index in [0.717, 1.165) is 11.3 Å². The fourth-order valence-corrected chi connectivity index (χ4v) is 2.18. The number of nitrogens with zero attached hydrogens (tertiary/aromatic N) is 1. The summed E-state index contributed by atoms with van der Waals surface area (Å²) in [6.07, 6.45) is 1.70. The van der Waals surface area contributed by atoms with E-state index < -0.39 is 0 Å². The summed E-state index contributed by atoms with van der Waals surface area (Å²) in [6, 6.07) is 6.87. The summed E-state index contributed by atoms with van der Waals surface area (Å²) >= 11 is 17.7. The van der Waals surface area contributed by atoms with Crippen molar-refractivity contribution < 1.29 is 4.74 Å². The number of alkyl halides is 1. The van der Waals surface area contributed by atoms with Crippen LogP contribution in [0.4, 0.5) is 0 Å². The third-order valence-electron chi connectivity index (χ3n) is 2.29. The lowest BCUT2D eigenvalue weighted by Crippen LogP contribution is -1.93. The molecule has 1 heterocycles. The molecule has 2 rings (SSSR count). The van der Waals surface area contributed by atoms with Crippen LogP contribution >= 0.6 is 34.8 Å². The van der Waals surface area contributed by atoms with Crippen LogP contribution in [0.1, 0.15) is 11.3 Å². The summed E-state index contributed by atoms with van der Waals surface area (Å²) in [5.41, 5.74) is 1.67. The summed E-state index contributed by atoms with van der Waals surface area (Å²) in [6.45, 7) is 1.88. The average molecular weight is 303 g/mol. The van der Waals surface area contributed by atoms with Gasteiger partial charge in [-0.25, -0.2) is 0 Å². The Morgan fingerprint density at radius 3 is 2.39 bits per heavy atom. The fourth-order valence-electron chi connectivity index (χ4n) is 1.47. The third kappa shape index (κ3) is 3.29. The maximum absolute atomic E-state index is 5.92. The zero-order valence-corrected chi connectivity index (χ0v) is 11.9. The van der Waals surface area contributed by atoms with Crippen molar-refractivity contribution in [2.45, 2.75) is 12.8 Å². The highest BCUT2D eigenvalue weighted by atomic mass is 35.5. The smallest absolute Gasteiger partial charge is 0.135 e. The molecule has 18 heavy (non-hydrogen) atoms. The first-order chi connectivity index (χ1) is 8.58. The number of benzene rings is 1. The van der Waals surface area contributed by atoms with E-state index in [9.17, 15) is 0 Å². The van der Waals surface area contributed by atoms with Gasteiger partial charge in [-0.05, 0) is 25.1 Å². The predicted octanol–water partition coefficient (Wildman–Crippen LogP) is 5.23. The van der Waals surface area contributed by atoms with Crippen LogP contribution in [0.2, 0.25) is 10.0 Å². The number of rotatable bonds is 3. The van der Waals surface area contributed by atoms with Gasteiger partial charge < -0.3 is 4.74 Å². The third-order valence-corrected chi connectivity index (χ3v) is 3.01. The number of aromatic nitrogens is 1. The van der Waals surface area contributed by atoms with Gasteiger partial charge in [0.05, 0.1) is 5.88 Å². The van der Waals surface area contributed by atoms with Crippen molar-refractivity contribution >= 4 is 34.8 Å². The van der Waals surface area contributed by atoms with Crippen molar-refractivity contribution in [1.82, 2.24) is 4.98 Å². The van der Waals surface area contributed by atoms with Gasteiger partial charge in [-0.1, -0.05) is 23.2 Å². The van der Waals surface area contributed by atoms with Crippen molar-refractivity contribution in [2.75, 3.05) is 0 Å². The van der Waals surface area contributed by atoms with E-state index in [1.807, 2.05) is 13.0 Å². The van der Waals surface area contributed by atoms with Crippen LogP contribution in [-0.2, 0) is 5.88 Å². The van der Waals surface area contributed by atoms with Crippen LogP contribution in [0.25, 0.3) is 0 Å². The van der Waals surface area contributed by atoms with Crippen LogP contribution in [0.5, 0.6) is 11.5 Å². The van der Waals surface area contributed by atoms with E-state index in [2.05, 4.69) is 4.98 Å². The normalized spacial score (nSPS) is 10.4. The zero-order valence-electron chi connectivity index (χ0n) is 9.58. The Morgan fingerprint density at radius 2 is 1.78 bits per heavy atom. The molecular weight excluding hydrogens is 293 g/mol. The number of hydrogen-bond donors (Lipinski definition) is 0. The highest BCUT2D eigenvalue weighted by molar-refractivity contribution is 6.34. The monoisotopic (exact) mass is 301 g/mol. The van der Waals surface area contributed by atoms with Gasteiger partial charge in [0, 0.05) is 33.6 Å². The molecule has 2 aromatic rings. The van der Waals surface area contributed by atoms with E-state index in [0.29, 0.717) is 27.4 Å². The second-order valence-electron chi connectivity index (χ2n) is 3.77.